The van der Waals surface area contributed by atoms with E-state index >= 15 is 0 Å². The van der Waals surface area contributed by atoms with E-state index < -0.39 is 23.6 Å². The highest BCUT2D eigenvalue weighted by molar-refractivity contribution is 6.06. The van der Waals surface area contributed by atoms with E-state index in [0.717, 1.165) is 6.08 Å². The summed E-state index contributed by atoms with van der Waals surface area (Å²) >= 11 is 0. The van der Waals surface area contributed by atoms with Crippen LogP contribution in [0.3, 0.4) is 0 Å². The van der Waals surface area contributed by atoms with Gasteiger partial charge in [-0.15, -0.1) is 0 Å². The van der Waals surface area contributed by atoms with Crippen molar-refractivity contribution in [3.63, 3.8) is 0 Å². The Balaban J connectivity index is 3.21. The highest BCUT2D eigenvalue weighted by atomic mass is 19.1. The number of hydrogen-bond donors (Lipinski definition) is 1. The summed E-state index contributed by atoms with van der Waals surface area (Å²) in [6.45, 7) is 11.8. The Labute approximate surface area is 158 Å². The molecule has 0 aliphatic heterocycles. The van der Waals surface area contributed by atoms with Gasteiger partial charge in [-0.3, -0.25) is 9.59 Å². The number of halogens is 1. The normalized spacial score (nSPS) is 13.6. The molecule has 0 aromatic carbocycles. The van der Waals surface area contributed by atoms with E-state index in [-0.39, 0.29) is 17.1 Å². The fourth-order valence-electron chi connectivity index (χ4n) is 2.41. The predicted octanol–water partition coefficient (Wildman–Crippen LogP) is 3.75. The highest BCUT2D eigenvalue weighted by Crippen LogP contribution is 2.18. The van der Waals surface area contributed by atoms with Crippen LogP contribution in [-0.2, 0) is 11.2 Å². The Morgan fingerprint density at radius 1 is 1.44 bits per heavy atom. The highest BCUT2D eigenvalue weighted by Gasteiger charge is 2.29. The number of allylic oxidation sites excluding steroid dienone is 4. The van der Waals surface area contributed by atoms with Crippen LogP contribution in [-0.4, -0.2) is 22.9 Å². The fourth-order valence-corrected chi connectivity index (χ4v) is 2.41. The average molecular weight is 373 g/mol. The molecule has 0 fully saturated rings. The molecule has 0 radical (unpaired) electrons. The van der Waals surface area contributed by atoms with Gasteiger partial charge in [0.05, 0.1) is 23.4 Å². The molecule has 7 heteroatoms. The summed E-state index contributed by atoms with van der Waals surface area (Å²) in [5.41, 5.74) is 0.614. The molecule has 1 heterocycles. The quantitative estimate of drug-likeness (QED) is 0.425. The number of ketones is 1. The Bertz CT molecular complexity index is 841. The Kier molecular flexibility index (Phi) is 7.85. The van der Waals surface area contributed by atoms with Gasteiger partial charge in [0.25, 0.3) is 5.91 Å². The monoisotopic (exact) mass is 373 g/mol. The molecule has 1 N–H and O–H groups in total. The first kappa shape index (κ1) is 22.0. The van der Waals surface area contributed by atoms with E-state index in [2.05, 4.69) is 17.1 Å². The molecular weight excluding hydrogens is 349 g/mol. The van der Waals surface area contributed by atoms with Gasteiger partial charge >= 0.3 is 0 Å². The van der Waals surface area contributed by atoms with Gasteiger partial charge in [0.1, 0.15) is 17.2 Å². The van der Waals surface area contributed by atoms with Crippen LogP contribution in [0.1, 0.15) is 49.5 Å². The molecule has 0 aliphatic rings. The smallest absolute Gasteiger partial charge is 0.257 e. The van der Waals surface area contributed by atoms with Gasteiger partial charge in [0, 0.05) is 5.57 Å². The number of nitrogens with one attached hydrogen (secondary N) is 1. The van der Waals surface area contributed by atoms with Gasteiger partial charge in [-0.2, -0.15) is 5.26 Å². The van der Waals surface area contributed by atoms with Crippen molar-refractivity contribution in [1.82, 2.24) is 10.5 Å². The minimum atomic E-state index is -0.907. The molecule has 0 bridgehead atoms. The number of aryl methyl sites for hydroxylation is 2. The maximum absolute atomic E-state index is 14.0. The number of Topliss-reactive ketones (excluding diaryl/α,β-unsaturated/α-hetero) is 1. The lowest BCUT2D eigenvalue weighted by Gasteiger charge is -2.21. The van der Waals surface area contributed by atoms with Crippen molar-refractivity contribution in [3.8, 4) is 6.07 Å². The molecule has 0 spiro atoms. The third kappa shape index (κ3) is 5.23. The van der Waals surface area contributed by atoms with E-state index in [0.29, 0.717) is 23.4 Å². The van der Waals surface area contributed by atoms with E-state index in [1.54, 1.807) is 26.8 Å². The van der Waals surface area contributed by atoms with Crippen LogP contribution in [0.5, 0.6) is 0 Å². The van der Waals surface area contributed by atoms with E-state index in [1.807, 2.05) is 6.92 Å². The molecule has 0 saturated heterocycles. The number of rotatable bonds is 8. The number of carbonyl (C=O) groups excluding carboxylic acids is 2. The van der Waals surface area contributed by atoms with Crippen LogP contribution in [0.2, 0.25) is 0 Å². The van der Waals surface area contributed by atoms with Gasteiger partial charge in [0.15, 0.2) is 5.78 Å². The second-order valence-electron chi connectivity index (χ2n) is 6.36. The zero-order valence-corrected chi connectivity index (χ0v) is 16.2. The van der Waals surface area contributed by atoms with Crippen molar-refractivity contribution in [2.75, 3.05) is 0 Å². The fraction of sp³-hybridized carbons (Fsp3) is 0.400. The Morgan fingerprint density at radius 2 is 2.07 bits per heavy atom. The van der Waals surface area contributed by atoms with Crippen LogP contribution in [0, 0.1) is 24.2 Å². The maximum atomic E-state index is 14.0. The van der Waals surface area contributed by atoms with Crippen LogP contribution in [0.15, 0.2) is 40.2 Å². The third-order valence-corrected chi connectivity index (χ3v) is 4.04. The van der Waals surface area contributed by atoms with Gasteiger partial charge in [-0.1, -0.05) is 38.6 Å². The van der Waals surface area contributed by atoms with Gasteiger partial charge in [-0.25, -0.2) is 4.39 Å². The Morgan fingerprint density at radius 3 is 2.56 bits per heavy atom. The van der Waals surface area contributed by atoms with Crippen molar-refractivity contribution in [1.29, 1.82) is 5.26 Å². The van der Waals surface area contributed by atoms with Crippen molar-refractivity contribution in [3.05, 3.63) is 52.7 Å². The molecule has 0 aliphatic carbocycles. The first-order valence-electron chi connectivity index (χ1n) is 8.58. The maximum Gasteiger partial charge on any atom is 0.257 e. The average Bonchev–Trinajstić information content (AvgIpc) is 3.02. The molecule has 1 atom stereocenters. The van der Waals surface area contributed by atoms with Gasteiger partial charge in [-0.05, 0) is 32.3 Å². The summed E-state index contributed by atoms with van der Waals surface area (Å²) in [6, 6.07) is 0.776. The van der Waals surface area contributed by atoms with Crippen molar-refractivity contribution in [2.45, 2.75) is 47.1 Å². The van der Waals surface area contributed by atoms with Crippen molar-refractivity contribution >= 4 is 11.7 Å². The van der Waals surface area contributed by atoms with Crippen LogP contribution >= 0.6 is 0 Å². The van der Waals surface area contributed by atoms with Crippen molar-refractivity contribution < 1.29 is 18.5 Å². The summed E-state index contributed by atoms with van der Waals surface area (Å²) in [5, 5.41) is 15.3. The van der Waals surface area contributed by atoms with Crippen LogP contribution in [0.4, 0.5) is 4.39 Å². The molecular formula is C20H24FN3O3. The number of nitrogens with zero attached hydrogens (tertiary/aromatic N) is 2. The lowest BCUT2D eigenvalue weighted by molar-refractivity contribution is -0.117. The number of hydrogen-bond acceptors (Lipinski definition) is 5. The van der Waals surface area contributed by atoms with E-state index in [4.69, 9.17) is 9.78 Å². The second kappa shape index (κ2) is 9.62. The van der Waals surface area contributed by atoms with Crippen LogP contribution < -0.4 is 5.32 Å². The van der Waals surface area contributed by atoms with Gasteiger partial charge < -0.3 is 9.84 Å². The molecule has 0 saturated carbocycles. The number of amides is 1. The topological polar surface area (TPSA) is 96.0 Å². The van der Waals surface area contributed by atoms with Gasteiger partial charge in [0.2, 0.25) is 0 Å². The molecule has 1 aromatic rings. The van der Waals surface area contributed by atoms with E-state index in [9.17, 15) is 14.0 Å². The molecule has 6 nitrogen and oxygen atoms in total. The SMILES string of the molecule is C=C/C(=C\C(F)=C(/C)C#N)C(=O)C(NC(=O)c1c(CC)noc1C)C(C)C. The summed E-state index contributed by atoms with van der Waals surface area (Å²) in [4.78, 5) is 25.5. The largest absolute Gasteiger partial charge is 0.361 e. The standard InChI is InChI=1S/C20H24FN3O3/c1-7-14(9-15(21)12(5)10-22)19(25)18(11(3)4)23-20(26)17-13(6)27-24-16(17)8-2/h7,9,11,18H,1,8H2,2-6H3,(H,23,26)/b14-9+,15-12-. The molecule has 1 unspecified atom stereocenters. The van der Waals surface area contributed by atoms with E-state index in [1.165, 1.54) is 13.0 Å². The third-order valence-electron chi connectivity index (χ3n) is 4.04. The number of nitriles is 1. The molecule has 144 valence electrons. The second-order valence-corrected chi connectivity index (χ2v) is 6.36. The summed E-state index contributed by atoms with van der Waals surface area (Å²) in [7, 11) is 0. The zero-order valence-electron chi connectivity index (χ0n) is 16.2. The number of carbonyl (C=O) groups is 2. The predicted molar refractivity (Wildman–Crippen MR) is 99.4 cm³/mol. The lowest BCUT2D eigenvalue weighted by atomic mass is 9.93. The molecule has 1 rings (SSSR count). The summed E-state index contributed by atoms with van der Waals surface area (Å²) < 4.78 is 19.0. The molecule has 1 aromatic heterocycles. The molecule has 27 heavy (non-hydrogen) atoms. The number of aromatic nitrogens is 1. The Hall–Kier alpha value is -3.01. The van der Waals surface area contributed by atoms with Crippen molar-refractivity contribution in [2.24, 2.45) is 5.92 Å². The lowest BCUT2D eigenvalue weighted by Crippen LogP contribution is -2.45. The minimum Gasteiger partial charge on any atom is -0.361 e. The first-order chi connectivity index (χ1) is 12.7. The first-order valence-corrected chi connectivity index (χ1v) is 8.58. The molecule has 1 amide bonds. The zero-order chi connectivity index (χ0) is 20.7. The summed E-state index contributed by atoms with van der Waals surface area (Å²) in [5.74, 6) is -1.71. The minimum absolute atomic E-state index is 0.0288. The van der Waals surface area contributed by atoms with Crippen LogP contribution in [0.25, 0.3) is 0 Å². The summed E-state index contributed by atoms with van der Waals surface area (Å²) in [6.07, 6.45) is 2.66.